The molecule has 1 aliphatic heterocycles. The zero-order valence-corrected chi connectivity index (χ0v) is 23.1. The fraction of sp³-hybridized carbons (Fsp3) is 1.00. The van der Waals surface area contributed by atoms with E-state index in [0.717, 1.165) is 13.3 Å². The van der Waals surface area contributed by atoms with Crippen molar-refractivity contribution in [2.45, 2.75) is 88.1 Å². The van der Waals surface area contributed by atoms with Crippen LogP contribution >= 0.6 is 14.5 Å². The van der Waals surface area contributed by atoms with Gasteiger partial charge in [-0.05, 0) is 44.8 Å². The Morgan fingerprint density at radius 3 is 2.13 bits per heavy atom. The molecule has 1 aliphatic rings. The van der Waals surface area contributed by atoms with Gasteiger partial charge in [0.1, 0.15) is 26.7 Å². The van der Waals surface area contributed by atoms with E-state index in [4.69, 9.17) is 21.5 Å². The molecule has 0 bridgehead atoms. The lowest BCUT2D eigenvalue weighted by Gasteiger charge is -2.41. The van der Waals surface area contributed by atoms with Crippen molar-refractivity contribution in [2.24, 2.45) is 0 Å². The van der Waals surface area contributed by atoms with E-state index in [9.17, 15) is 23.0 Å². The van der Waals surface area contributed by atoms with E-state index in [1.807, 2.05) is 33.9 Å². The third-order valence-electron chi connectivity index (χ3n) is 6.42. The summed E-state index contributed by atoms with van der Waals surface area (Å²) in [6.45, 7) is 15.2. The minimum atomic E-state index is -3.87. The lowest BCUT2D eigenvalue weighted by atomic mass is 9.86. The second-order valence-corrected chi connectivity index (χ2v) is 21.4. The minimum Gasteiger partial charge on any atom is -0.409 e. The molecule has 31 heavy (non-hydrogen) atoms. The summed E-state index contributed by atoms with van der Waals surface area (Å²) in [6.07, 6.45) is -3.83. The monoisotopic (exact) mass is 502 g/mol. The van der Waals surface area contributed by atoms with Crippen LogP contribution in [0.15, 0.2) is 0 Å². The van der Waals surface area contributed by atoms with Crippen molar-refractivity contribution in [3.8, 4) is 0 Å². The summed E-state index contributed by atoms with van der Waals surface area (Å²) >= 11 is 0. The van der Waals surface area contributed by atoms with Crippen LogP contribution in [0.4, 0.5) is 8.78 Å². The summed E-state index contributed by atoms with van der Waals surface area (Å²) in [4.78, 5) is 0. The van der Waals surface area contributed by atoms with E-state index in [1.54, 1.807) is 6.92 Å². The van der Waals surface area contributed by atoms with Gasteiger partial charge in [-0.25, -0.2) is 0 Å². The van der Waals surface area contributed by atoms with Crippen LogP contribution in [0.5, 0.6) is 0 Å². The highest BCUT2D eigenvalue weighted by Crippen LogP contribution is 2.60. The Hall–Kier alpha value is 0.442. The smallest absolute Gasteiger partial charge is 0.300 e. The standard InChI is InChI=1S/C19H39BF2O6P2Si/c1-10-26-30(7,25)12-11-18(13-19(21,22)29(5,6)24)15(23)14(16(20)27-18)28-31(8,9)17(2,3)4/h14-16,23H,10-13H2,1-9H3/t14?,15-,16-,18-,30?/m1/s1. The SMILES string of the molecule is [B][C@@H]1O[C@](CCP(C)(=O)OCC)(CC(F)(F)P(C)(C)=O)[C@H](O)C1O[Si](C)(C)C(C)(C)C. The van der Waals surface area contributed by atoms with E-state index < -0.39 is 58.7 Å². The lowest BCUT2D eigenvalue weighted by molar-refractivity contribution is -0.112. The van der Waals surface area contributed by atoms with Gasteiger partial charge in [-0.2, -0.15) is 8.78 Å². The molecule has 1 saturated heterocycles. The second kappa shape index (κ2) is 9.59. The Morgan fingerprint density at radius 2 is 1.71 bits per heavy atom. The maximum absolute atomic E-state index is 14.9. The van der Waals surface area contributed by atoms with Gasteiger partial charge in [-0.3, -0.25) is 4.57 Å². The van der Waals surface area contributed by atoms with Gasteiger partial charge in [0, 0.05) is 18.8 Å². The van der Waals surface area contributed by atoms with Crippen molar-refractivity contribution < 1.29 is 36.7 Å². The molecule has 12 heteroatoms. The normalized spacial score (nSPS) is 30.4. The van der Waals surface area contributed by atoms with E-state index in [0.29, 0.717) is 0 Å². The molecule has 0 saturated carbocycles. The fourth-order valence-electron chi connectivity index (χ4n) is 3.26. The van der Waals surface area contributed by atoms with E-state index >= 15 is 0 Å². The third-order valence-corrected chi connectivity index (χ3v) is 14.5. The lowest BCUT2D eigenvalue weighted by Crippen LogP contribution is -2.52. The van der Waals surface area contributed by atoms with Crippen LogP contribution in [0.3, 0.4) is 0 Å². The van der Waals surface area contributed by atoms with Crippen LogP contribution in [-0.4, -0.2) is 83.5 Å². The van der Waals surface area contributed by atoms with Gasteiger partial charge < -0.3 is 23.4 Å². The summed E-state index contributed by atoms with van der Waals surface area (Å²) in [5, 5.41) is 11.0. The van der Waals surface area contributed by atoms with Gasteiger partial charge in [0.2, 0.25) is 0 Å². The van der Waals surface area contributed by atoms with Gasteiger partial charge in [0.25, 0.3) is 5.66 Å². The number of aliphatic hydroxyl groups is 1. The van der Waals surface area contributed by atoms with Crippen LogP contribution < -0.4 is 0 Å². The van der Waals surface area contributed by atoms with Crippen molar-refractivity contribution in [3.63, 3.8) is 0 Å². The summed E-state index contributed by atoms with van der Waals surface area (Å²) in [6, 6.07) is -1.16. The number of alkyl halides is 2. The highest BCUT2D eigenvalue weighted by atomic mass is 31.2. The predicted octanol–water partition coefficient (Wildman–Crippen LogP) is 4.94. The molecular weight excluding hydrogens is 463 g/mol. The molecule has 1 N–H and O–H groups in total. The average molecular weight is 502 g/mol. The van der Waals surface area contributed by atoms with E-state index in [2.05, 4.69) is 0 Å². The van der Waals surface area contributed by atoms with Gasteiger partial charge in [0.05, 0.1) is 19.1 Å². The van der Waals surface area contributed by atoms with Crippen molar-refractivity contribution in [2.75, 3.05) is 32.8 Å². The van der Waals surface area contributed by atoms with Crippen molar-refractivity contribution in [1.29, 1.82) is 0 Å². The number of aliphatic hydroxyl groups excluding tert-OH is 1. The Morgan fingerprint density at radius 1 is 1.19 bits per heavy atom. The Bertz CT molecular complexity index is 727. The molecule has 0 aromatic heterocycles. The minimum absolute atomic E-state index is 0.0920. The molecule has 1 heterocycles. The maximum atomic E-state index is 14.9. The van der Waals surface area contributed by atoms with Crippen LogP contribution in [0.25, 0.3) is 0 Å². The van der Waals surface area contributed by atoms with Crippen molar-refractivity contribution >= 4 is 30.7 Å². The first kappa shape index (κ1) is 29.5. The maximum Gasteiger partial charge on any atom is 0.300 e. The first-order valence-electron chi connectivity index (χ1n) is 10.5. The summed E-state index contributed by atoms with van der Waals surface area (Å²) in [5.41, 5.74) is -5.47. The molecule has 2 unspecified atom stereocenters. The number of ether oxygens (including phenoxy) is 1. The highest BCUT2D eigenvalue weighted by Gasteiger charge is 2.61. The zero-order chi connectivity index (χ0) is 24.7. The highest BCUT2D eigenvalue weighted by molar-refractivity contribution is 7.63. The van der Waals surface area contributed by atoms with Gasteiger partial charge >= 0.3 is 0 Å². The number of hydrogen-bond donors (Lipinski definition) is 1. The molecule has 2 radical (unpaired) electrons. The first-order chi connectivity index (χ1) is 13.6. The van der Waals surface area contributed by atoms with E-state index in [-0.39, 0.29) is 24.2 Å². The molecule has 0 aromatic rings. The molecule has 5 atom stereocenters. The molecule has 1 rings (SSSR count). The average Bonchev–Trinajstić information content (AvgIpc) is 2.75. The molecule has 182 valence electrons. The van der Waals surface area contributed by atoms with Crippen LogP contribution in [0.1, 0.15) is 40.5 Å². The number of rotatable bonds is 10. The molecule has 1 fully saturated rings. The Balaban J connectivity index is 3.34. The third kappa shape index (κ3) is 6.97. The first-order valence-corrected chi connectivity index (χ1v) is 18.3. The van der Waals surface area contributed by atoms with Crippen molar-refractivity contribution in [1.82, 2.24) is 0 Å². The zero-order valence-electron chi connectivity index (χ0n) is 20.3. The van der Waals surface area contributed by atoms with Crippen LogP contribution in [-0.2, 0) is 22.8 Å². The number of halogens is 2. The second-order valence-electron chi connectivity index (χ2n) is 10.5. The summed E-state index contributed by atoms with van der Waals surface area (Å²) in [5.74, 6) is 0. The van der Waals surface area contributed by atoms with Gasteiger partial charge in [-0.1, -0.05) is 20.8 Å². The molecule has 0 aromatic carbocycles. The van der Waals surface area contributed by atoms with Crippen LogP contribution in [0.2, 0.25) is 18.1 Å². The summed E-state index contributed by atoms with van der Waals surface area (Å²) < 4.78 is 72.1. The van der Waals surface area contributed by atoms with Gasteiger partial charge in [0.15, 0.2) is 15.7 Å². The largest absolute Gasteiger partial charge is 0.409 e. The topological polar surface area (TPSA) is 82.1 Å². The Labute approximate surface area is 188 Å². The Kier molecular flexibility index (Phi) is 9.12. The molecule has 0 aliphatic carbocycles. The summed E-state index contributed by atoms with van der Waals surface area (Å²) in [7, 11) is -3.28. The fourth-order valence-corrected chi connectivity index (χ4v) is 6.66. The predicted molar refractivity (Wildman–Crippen MR) is 125 cm³/mol. The van der Waals surface area contributed by atoms with E-state index in [1.165, 1.54) is 6.66 Å². The molecule has 6 nitrogen and oxygen atoms in total. The molecule has 0 spiro atoms. The van der Waals surface area contributed by atoms with Gasteiger partial charge in [-0.15, -0.1) is 0 Å². The number of hydrogen-bond acceptors (Lipinski definition) is 6. The molecular formula is C19H39BF2O6P2Si. The molecule has 0 amide bonds. The quantitative estimate of drug-likeness (QED) is 0.337. The van der Waals surface area contributed by atoms with Crippen LogP contribution in [0, 0.1) is 0 Å². The van der Waals surface area contributed by atoms with Crippen molar-refractivity contribution in [3.05, 3.63) is 0 Å².